The Balaban J connectivity index is 1.69. The number of nitrogens with one attached hydrogen (secondary N) is 3. The normalized spacial score (nSPS) is 28.8. The smallest absolute Gasteiger partial charge is 0.408 e. The number of sulfonamides is 1. The lowest BCUT2D eigenvalue weighted by molar-refractivity contribution is -0.141. The van der Waals surface area contributed by atoms with Gasteiger partial charge in [0.05, 0.1) is 11.4 Å². The van der Waals surface area contributed by atoms with E-state index in [-0.39, 0.29) is 41.9 Å². The van der Waals surface area contributed by atoms with Crippen LogP contribution in [-0.2, 0) is 33.6 Å². The van der Waals surface area contributed by atoms with E-state index in [9.17, 15) is 27.6 Å². The van der Waals surface area contributed by atoms with Crippen molar-refractivity contribution in [1.82, 2.24) is 20.3 Å². The number of nitrogens with zero attached hydrogens (tertiary/aromatic N) is 1. The van der Waals surface area contributed by atoms with Gasteiger partial charge < -0.3 is 24.7 Å². The molecule has 2 aliphatic heterocycles. The van der Waals surface area contributed by atoms with Crippen LogP contribution in [-0.4, -0.2) is 86.6 Å². The fourth-order valence-electron chi connectivity index (χ4n) is 7.99. The Morgan fingerprint density at radius 1 is 1.00 bits per heavy atom. The first-order chi connectivity index (χ1) is 22.7. The van der Waals surface area contributed by atoms with Gasteiger partial charge in [-0.25, -0.2) is 13.2 Å². The van der Waals surface area contributed by atoms with Crippen LogP contribution in [0.25, 0.3) is 0 Å². The highest BCUT2D eigenvalue weighted by atomic mass is 32.2. The van der Waals surface area contributed by atoms with Crippen LogP contribution in [0.2, 0.25) is 16.6 Å². The molecule has 0 aromatic heterocycles. The van der Waals surface area contributed by atoms with Crippen molar-refractivity contribution in [3.8, 4) is 0 Å². The molecule has 2 aliphatic carbocycles. The predicted molar refractivity (Wildman–Crippen MR) is 190 cm³/mol. The summed E-state index contributed by atoms with van der Waals surface area (Å²) in [6.07, 6.45) is 7.59. The van der Waals surface area contributed by atoms with Gasteiger partial charge in [-0.15, -0.1) is 0 Å². The van der Waals surface area contributed by atoms with E-state index in [1.54, 1.807) is 20.8 Å². The molecule has 0 bridgehead atoms. The highest BCUT2D eigenvalue weighted by molar-refractivity contribution is 7.91. The average Bonchev–Trinajstić information content (AvgIpc) is 3.89. The standard InChI is InChI=1S/C35H60N4O8SSi/c1-22(2)49(23(3)4,24(5)6)47-26-19-29-30(40)37-35(32(42)38-48(44,45)27-17-18-27)20-25(35)15-13-11-10-12-14-16-28(31(41)39(29)21-26)36-33(43)46-34(7,8)9/h13,15,22-29H,10-12,14,16-21H2,1-9H3,(H,36,43)(H,37,40)(H,38,42)/t25-,26-,28+,29+,35-/m1/s1. The fraction of sp³-hybridized carbons (Fsp3) is 0.829. The zero-order chi connectivity index (χ0) is 36.5. The van der Waals surface area contributed by atoms with Gasteiger partial charge in [-0.2, -0.15) is 0 Å². The average molecular weight is 725 g/mol. The second-order valence-corrected chi connectivity index (χ2v) is 23.9. The van der Waals surface area contributed by atoms with Gasteiger partial charge in [-0.3, -0.25) is 19.1 Å². The minimum Gasteiger partial charge on any atom is -0.444 e. The number of hydrogen-bond donors (Lipinski definition) is 3. The van der Waals surface area contributed by atoms with Gasteiger partial charge in [-0.1, -0.05) is 66.5 Å². The second kappa shape index (κ2) is 15.0. The van der Waals surface area contributed by atoms with E-state index in [0.29, 0.717) is 25.7 Å². The highest BCUT2D eigenvalue weighted by Gasteiger charge is 2.62. The van der Waals surface area contributed by atoms with Crippen molar-refractivity contribution in [2.45, 2.75) is 171 Å². The number of rotatable bonds is 9. The molecule has 0 unspecified atom stereocenters. The molecule has 4 aliphatic rings. The van der Waals surface area contributed by atoms with Gasteiger partial charge in [0.2, 0.25) is 30.2 Å². The van der Waals surface area contributed by atoms with E-state index in [0.717, 1.165) is 19.3 Å². The molecule has 0 radical (unpaired) electrons. The largest absolute Gasteiger partial charge is 0.444 e. The summed E-state index contributed by atoms with van der Waals surface area (Å²) in [5.74, 6) is -2.06. The summed E-state index contributed by atoms with van der Waals surface area (Å²) in [6, 6.07) is -1.92. The zero-order valence-corrected chi connectivity index (χ0v) is 32.8. The van der Waals surface area contributed by atoms with Crippen LogP contribution in [0.3, 0.4) is 0 Å². The summed E-state index contributed by atoms with van der Waals surface area (Å²) in [5.41, 5.74) is -1.39. The van der Waals surface area contributed by atoms with E-state index < -0.39 is 76.7 Å². The number of hydrogen-bond acceptors (Lipinski definition) is 8. The summed E-state index contributed by atoms with van der Waals surface area (Å²) in [5, 5.41) is 5.12. The Morgan fingerprint density at radius 2 is 1.63 bits per heavy atom. The summed E-state index contributed by atoms with van der Waals surface area (Å²) >= 11 is 0. The van der Waals surface area contributed by atoms with E-state index in [1.807, 2.05) is 12.2 Å². The topological polar surface area (TPSA) is 160 Å². The molecule has 278 valence electrons. The lowest BCUT2D eigenvalue weighted by Gasteiger charge is -2.44. The van der Waals surface area contributed by atoms with Crippen molar-refractivity contribution < 1.29 is 36.8 Å². The van der Waals surface area contributed by atoms with Crippen LogP contribution < -0.4 is 15.4 Å². The first kappa shape index (κ1) is 39.3. The third-order valence-corrected chi connectivity index (χ3v) is 18.6. The monoisotopic (exact) mass is 724 g/mol. The molecule has 2 saturated carbocycles. The third kappa shape index (κ3) is 9.08. The minimum atomic E-state index is -3.85. The van der Waals surface area contributed by atoms with Crippen molar-refractivity contribution in [3.05, 3.63) is 12.2 Å². The summed E-state index contributed by atoms with van der Waals surface area (Å²) in [7, 11) is -6.27. The van der Waals surface area contributed by atoms with Gasteiger partial charge in [0.15, 0.2) is 0 Å². The minimum absolute atomic E-state index is 0.156. The molecular formula is C35H60N4O8SSi. The van der Waals surface area contributed by atoms with Gasteiger partial charge >= 0.3 is 6.09 Å². The third-order valence-electron chi connectivity index (χ3n) is 10.6. The molecule has 12 nitrogen and oxygen atoms in total. The molecule has 3 fully saturated rings. The Labute approximate surface area is 294 Å². The van der Waals surface area contributed by atoms with Crippen molar-refractivity contribution in [3.63, 3.8) is 0 Å². The van der Waals surface area contributed by atoms with Crippen LogP contribution in [0.1, 0.15) is 120 Å². The van der Waals surface area contributed by atoms with Gasteiger partial charge in [0.1, 0.15) is 23.2 Å². The number of allylic oxidation sites excluding steroid dienone is 1. The Kier molecular flexibility index (Phi) is 12.1. The summed E-state index contributed by atoms with van der Waals surface area (Å²) in [6.45, 7) is 18.5. The van der Waals surface area contributed by atoms with Crippen LogP contribution in [0.5, 0.6) is 0 Å². The van der Waals surface area contributed by atoms with Crippen LogP contribution in [0.15, 0.2) is 12.2 Å². The van der Waals surface area contributed by atoms with Gasteiger partial charge in [0, 0.05) is 18.9 Å². The van der Waals surface area contributed by atoms with Crippen LogP contribution in [0.4, 0.5) is 4.79 Å². The number of carbonyl (C=O) groups excluding carboxylic acids is 4. The number of alkyl carbamates (subject to hydrolysis) is 1. The van der Waals surface area contributed by atoms with E-state index in [2.05, 4.69) is 56.9 Å². The number of amides is 4. The first-order valence-electron chi connectivity index (χ1n) is 18.3. The maximum Gasteiger partial charge on any atom is 0.408 e. The second-order valence-electron chi connectivity index (χ2n) is 16.5. The Hall–Kier alpha value is -2.45. The van der Waals surface area contributed by atoms with Crippen molar-refractivity contribution in [2.75, 3.05) is 6.54 Å². The highest BCUT2D eigenvalue weighted by Crippen LogP contribution is 2.47. The molecule has 1 saturated heterocycles. The molecule has 4 amide bonds. The van der Waals surface area contributed by atoms with Gasteiger partial charge in [-0.05, 0) is 75.9 Å². The lowest BCUT2D eigenvalue weighted by atomic mass is 10.0. The maximum absolute atomic E-state index is 14.5. The van der Waals surface area contributed by atoms with Crippen molar-refractivity contribution in [1.29, 1.82) is 0 Å². The fourth-order valence-corrected chi connectivity index (χ4v) is 14.9. The molecule has 2 heterocycles. The molecule has 3 N–H and O–H groups in total. The number of carbonyl (C=O) groups is 4. The van der Waals surface area contributed by atoms with Crippen LogP contribution >= 0.6 is 0 Å². The Bertz CT molecular complexity index is 1370. The zero-order valence-electron chi connectivity index (χ0n) is 31.0. The predicted octanol–water partition coefficient (Wildman–Crippen LogP) is 5.04. The number of fused-ring (bicyclic) bond motifs is 2. The molecule has 5 atom stereocenters. The van der Waals surface area contributed by atoms with Gasteiger partial charge in [0.25, 0.3) is 5.91 Å². The summed E-state index contributed by atoms with van der Waals surface area (Å²) < 4.78 is 40.4. The molecular weight excluding hydrogens is 665 g/mol. The van der Waals surface area contributed by atoms with E-state index in [1.165, 1.54) is 4.90 Å². The molecule has 0 spiro atoms. The molecule has 4 rings (SSSR count). The molecule has 49 heavy (non-hydrogen) atoms. The van der Waals surface area contributed by atoms with E-state index in [4.69, 9.17) is 9.16 Å². The van der Waals surface area contributed by atoms with Crippen molar-refractivity contribution in [2.24, 2.45) is 5.92 Å². The van der Waals surface area contributed by atoms with E-state index >= 15 is 0 Å². The molecule has 14 heteroatoms. The van der Waals surface area contributed by atoms with Crippen LogP contribution in [0, 0.1) is 5.92 Å². The first-order valence-corrected chi connectivity index (χ1v) is 21.9. The number of ether oxygens (including phenoxy) is 1. The molecule has 0 aromatic rings. The maximum atomic E-state index is 14.5. The summed E-state index contributed by atoms with van der Waals surface area (Å²) in [4.78, 5) is 56.9. The quantitative estimate of drug-likeness (QED) is 0.220. The molecule has 0 aromatic carbocycles. The lowest BCUT2D eigenvalue weighted by Crippen LogP contribution is -2.58. The van der Waals surface area contributed by atoms with Crippen molar-refractivity contribution >= 4 is 42.2 Å². The Morgan fingerprint density at radius 3 is 2.20 bits per heavy atom. The SMILES string of the molecule is CC(C)[Si](O[C@@H]1C[C@H]2C(=O)N[C@]3(C(=O)NS(=O)(=O)C4CC4)C[C@H]3C=CCCCCC[C@H](NC(=O)OC(C)(C)C)C(=O)N2C1)(C(C)C)C(C)C.